The SMILES string of the molecule is OC1CCC(N=C2Nc3ccccc3N3CCN=C23)CC1. The normalized spacial score (nSPS) is 29.7. The van der Waals surface area contributed by atoms with E-state index in [2.05, 4.69) is 33.4 Å². The van der Waals surface area contributed by atoms with E-state index in [4.69, 9.17) is 4.99 Å². The number of para-hydroxylation sites is 2. The second-order valence-corrected chi connectivity index (χ2v) is 5.94. The summed E-state index contributed by atoms with van der Waals surface area (Å²) in [5.74, 6) is 1.87. The van der Waals surface area contributed by atoms with Crippen LogP contribution in [0.5, 0.6) is 0 Å². The summed E-state index contributed by atoms with van der Waals surface area (Å²) in [6.07, 6.45) is 3.49. The topological polar surface area (TPSA) is 60.2 Å². The quantitative estimate of drug-likeness (QED) is 0.829. The van der Waals surface area contributed by atoms with Gasteiger partial charge in [0.15, 0.2) is 11.7 Å². The van der Waals surface area contributed by atoms with Crippen molar-refractivity contribution in [1.82, 2.24) is 0 Å². The van der Waals surface area contributed by atoms with E-state index in [0.29, 0.717) is 6.04 Å². The molecule has 2 N–H and O–H groups in total. The van der Waals surface area contributed by atoms with Gasteiger partial charge in [-0.3, -0.25) is 9.98 Å². The maximum absolute atomic E-state index is 9.62. The van der Waals surface area contributed by atoms with Crippen LogP contribution in [-0.4, -0.2) is 42.0 Å². The first-order chi connectivity index (χ1) is 10.3. The highest BCUT2D eigenvalue weighted by Crippen LogP contribution is 2.32. The number of hydrogen-bond acceptors (Lipinski definition) is 4. The summed E-state index contributed by atoms with van der Waals surface area (Å²) in [6, 6.07) is 8.60. The molecule has 1 saturated carbocycles. The van der Waals surface area contributed by atoms with Gasteiger partial charge in [-0.2, -0.15) is 0 Å². The Morgan fingerprint density at radius 3 is 2.86 bits per heavy atom. The van der Waals surface area contributed by atoms with Crippen LogP contribution in [0.4, 0.5) is 11.4 Å². The Labute approximate surface area is 124 Å². The number of aliphatic hydroxyl groups is 1. The lowest BCUT2D eigenvalue weighted by Gasteiger charge is -2.31. The number of fused-ring (bicyclic) bond motifs is 3. The van der Waals surface area contributed by atoms with E-state index >= 15 is 0 Å². The van der Waals surface area contributed by atoms with Crippen LogP contribution in [0.3, 0.4) is 0 Å². The molecule has 0 bridgehead atoms. The summed E-state index contributed by atoms with van der Waals surface area (Å²) in [4.78, 5) is 11.8. The second kappa shape index (κ2) is 5.15. The number of aliphatic imine (C=N–C) groups is 2. The zero-order chi connectivity index (χ0) is 14.2. The minimum atomic E-state index is -0.137. The molecule has 0 atom stereocenters. The van der Waals surface area contributed by atoms with Crippen molar-refractivity contribution in [2.24, 2.45) is 9.98 Å². The molecule has 1 aromatic rings. The van der Waals surface area contributed by atoms with Crippen LogP contribution in [0, 0.1) is 0 Å². The van der Waals surface area contributed by atoms with Crippen LogP contribution in [0.2, 0.25) is 0 Å². The smallest absolute Gasteiger partial charge is 0.171 e. The van der Waals surface area contributed by atoms with Gasteiger partial charge in [0.25, 0.3) is 0 Å². The van der Waals surface area contributed by atoms with Gasteiger partial charge in [0.05, 0.1) is 30.1 Å². The number of rotatable bonds is 1. The van der Waals surface area contributed by atoms with Crippen molar-refractivity contribution in [1.29, 1.82) is 0 Å². The van der Waals surface area contributed by atoms with Crippen molar-refractivity contribution >= 4 is 23.0 Å². The molecule has 0 amide bonds. The molecule has 2 heterocycles. The zero-order valence-electron chi connectivity index (χ0n) is 12.0. The van der Waals surface area contributed by atoms with E-state index in [1.165, 1.54) is 5.69 Å². The van der Waals surface area contributed by atoms with E-state index in [-0.39, 0.29) is 6.10 Å². The van der Waals surface area contributed by atoms with Gasteiger partial charge in [0.2, 0.25) is 0 Å². The molecule has 5 heteroatoms. The van der Waals surface area contributed by atoms with Gasteiger partial charge < -0.3 is 15.3 Å². The molecule has 0 radical (unpaired) electrons. The van der Waals surface area contributed by atoms with Gasteiger partial charge in [0.1, 0.15) is 0 Å². The highest BCUT2D eigenvalue weighted by atomic mass is 16.3. The van der Waals surface area contributed by atoms with Crippen LogP contribution < -0.4 is 10.2 Å². The van der Waals surface area contributed by atoms with Gasteiger partial charge in [-0.15, -0.1) is 0 Å². The number of benzene rings is 1. The monoisotopic (exact) mass is 284 g/mol. The van der Waals surface area contributed by atoms with Gasteiger partial charge >= 0.3 is 0 Å². The molecular formula is C16H20N4O. The zero-order valence-corrected chi connectivity index (χ0v) is 12.0. The maximum atomic E-state index is 9.62. The number of nitrogens with one attached hydrogen (secondary N) is 1. The first kappa shape index (κ1) is 12.8. The summed E-state index contributed by atoms with van der Waals surface area (Å²) >= 11 is 0. The van der Waals surface area contributed by atoms with Crippen molar-refractivity contribution < 1.29 is 5.11 Å². The van der Waals surface area contributed by atoms with E-state index < -0.39 is 0 Å². The molecule has 2 aliphatic heterocycles. The summed E-state index contributed by atoms with van der Waals surface area (Å²) < 4.78 is 0. The Hall–Kier alpha value is -1.88. The first-order valence-corrected chi connectivity index (χ1v) is 7.75. The van der Waals surface area contributed by atoms with Gasteiger partial charge in [-0.25, -0.2) is 0 Å². The third-order valence-corrected chi connectivity index (χ3v) is 4.48. The fourth-order valence-electron chi connectivity index (χ4n) is 3.34. The Morgan fingerprint density at radius 2 is 2.00 bits per heavy atom. The van der Waals surface area contributed by atoms with Crippen molar-refractivity contribution in [2.45, 2.75) is 37.8 Å². The molecule has 1 aromatic carbocycles. The lowest BCUT2D eigenvalue weighted by molar-refractivity contribution is 0.123. The van der Waals surface area contributed by atoms with Crippen LogP contribution in [0.1, 0.15) is 25.7 Å². The molecule has 4 rings (SSSR count). The molecule has 0 aromatic heterocycles. The predicted molar refractivity (Wildman–Crippen MR) is 85.4 cm³/mol. The van der Waals surface area contributed by atoms with E-state index in [9.17, 15) is 5.11 Å². The van der Waals surface area contributed by atoms with Gasteiger partial charge in [-0.05, 0) is 37.8 Å². The van der Waals surface area contributed by atoms with E-state index in [0.717, 1.165) is 56.1 Å². The fraction of sp³-hybridized carbons (Fsp3) is 0.500. The number of anilines is 2. The Morgan fingerprint density at radius 1 is 1.19 bits per heavy atom. The molecule has 3 aliphatic rings. The number of nitrogens with zero attached hydrogens (tertiary/aromatic N) is 3. The summed E-state index contributed by atoms with van der Waals surface area (Å²) in [5, 5.41) is 13.1. The molecule has 21 heavy (non-hydrogen) atoms. The Balaban J connectivity index is 1.64. The molecule has 1 fully saturated rings. The van der Waals surface area contributed by atoms with Crippen molar-refractivity contribution in [3.63, 3.8) is 0 Å². The number of aliphatic hydroxyl groups excluding tert-OH is 1. The van der Waals surface area contributed by atoms with Crippen molar-refractivity contribution in [2.75, 3.05) is 23.3 Å². The first-order valence-electron chi connectivity index (χ1n) is 7.75. The summed E-state index contributed by atoms with van der Waals surface area (Å²) in [5.41, 5.74) is 2.29. The molecule has 1 aliphatic carbocycles. The van der Waals surface area contributed by atoms with Crippen LogP contribution in [0.15, 0.2) is 34.3 Å². The van der Waals surface area contributed by atoms with Crippen LogP contribution in [0.25, 0.3) is 0 Å². The maximum Gasteiger partial charge on any atom is 0.171 e. The van der Waals surface area contributed by atoms with Crippen molar-refractivity contribution in [3.8, 4) is 0 Å². The molecule has 110 valence electrons. The average molecular weight is 284 g/mol. The summed E-state index contributed by atoms with van der Waals surface area (Å²) in [7, 11) is 0. The standard InChI is InChI=1S/C16H20N4O/c21-12-7-5-11(6-8-12)18-15-16-17-9-10-20(16)14-4-2-1-3-13(14)19-15/h1-4,11-12,21H,5-10H2,(H,18,19). The number of hydrogen-bond donors (Lipinski definition) is 2. The molecule has 0 unspecified atom stereocenters. The van der Waals surface area contributed by atoms with E-state index in [1.54, 1.807) is 0 Å². The minimum absolute atomic E-state index is 0.137. The van der Waals surface area contributed by atoms with Gasteiger partial charge in [-0.1, -0.05) is 12.1 Å². The Kier molecular flexibility index (Phi) is 3.15. The largest absolute Gasteiger partial charge is 0.393 e. The average Bonchev–Trinajstić information content (AvgIpc) is 3.00. The molecular weight excluding hydrogens is 264 g/mol. The van der Waals surface area contributed by atoms with Crippen LogP contribution in [-0.2, 0) is 0 Å². The fourth-order valence-corrected chi connectivity index (χ4v) is 3.34. The second-order valence-electron chi connectivity index (χ2n) is 5.94. The molecule has 0 spiro atoms. The van der Waals surface area contributed by atoms with Crippen molar-refractivity contribution in [3.05, 3.63) is 24.3 Å². The lowest BCUT2D eigenvalue weighted by atomic mass is 9.93. The molecule has 5 nitrogen and oxygen atoms in total. The van der Waals surface area contributed by atoms with Crippen LogP contribution >= 0.6 is 0 Å². The lowest BCUT2D eigenvalue weighted by Crippen LogP contribution is -2.42. The molecule has 0 saturated heterocycles. The van der Waals surface area contributed by atoms with E-state index in [1.807, 2.05) is 6.07 Å². The third-order valence-electron chi connectivity index (χ3n) is 4.48. The predicted octanol–water partition coefficient (Wildman–Crippen LogP) is 2.03. The third kappa shape index (κ3) is 2.31. The number of amidine groups is 2. The highest BCUT2D eigenvalue weighted by molar-refractivity contribution is 6.51. The highest BCUT2D eigenvalue weighted by Gasteiger charge is 2.31. The minimum Gasteiger partial charge on any atom is -0.393 e. The Bertz CT molecular complexity index is 602. The summed E-state index contributed by atoms with van der Waals surface area (Å²) in [6.45, 7) is 1.75. The van der Waals surface area contributed by atoms with Gasteiger partial charge in [0, 0.05) is 6.54 Å².